The SMILES string of the molecule is CC1CCCC1CNC(=O)NCCn1cc(C(=O)O)nn1. The molecule has 2 atom stereocenters. The average molecular weight is 295 g/mol. The van der Waals surface area contributed by atoms with E-state index in [0.717, 1.165) is 0 Å². The molecule has 1 aliphatic carbocycles. The van der Waals surface area contributed by atoms with Crippen molar-refractivity contribution in [2.24, 2.45) is 11.8 Å². The number of carbonyl (C=O) groups is 2. The second-order valence-electron chi connectivity index (χ2n) is 5.48. The van der Waals surface area contributed by atoms with E-state index in [-0.39, 0.29) is 11.7 Å². The van der Waals surface area contributed by atoms with Crippen LogP contribution in [-0.4, -0.2) is 45.2 Å². The van der Waals surface area contributed by atoms with E-state index in [2.05, 4.69) is 27.9 Å². The lowest BCUT2D eigenvalue weighted by atomic mass is 9.98. The van der Waals surface area contributed by atoms with Crippen LogP contribution in [0.3, 0.4) is 0 Å². The predicted octanol–water partition coefficient (Wildman–Crippen LogP) is 0.712. The fourth-order valence-corrected chi connectivity index (χ4v) is 2.60. The van der Waals surface area contributed by atoms with Gasteiger partial charge in [-0.25, -0.2) is 14.3 Å². The molecular formula is C13H21N5O3. The lowest BCUT2D eigenvalue weighted by Crippen LogP contribution is -2.40. The first-order valence-corrected chi connectivity index (χ1v) is 7.21. The van der Waals surface area contributed by atoms with E-state index in [1.165, 1.54) is 30.1 Å². The van der Waals surface area contributed by atoms with Gasteiger partial charge in [0.2, 0.25) is 0 Å². The average Bonchev–Trinajstić information content (AvgIpc) is 3.06. The van der Waals surface area contributed by atoms with Crippen molar-refractivity contribution in [1.29, 1.82) is 0 Å². The molecule has 0 bridgehead atoms. The van der Waals surface area contributed by atoms with E-state index in [1.807, 2.05) is 0 Å². The molecule has 2 rings (SSSR count). The first kappa shape index (κ1) is 15.3. The highest BCUT2D eigenvalue weighted by molar-refractivity contribution is 5.84. The van der Waals surface area contributed by atoms with Gasteiger partial charge in [0.15, 0.2) is 5.69 Å². The highest BCUT2D eigenvalue weighted by Crippen LogP contribution is 2.30. The molecule has 3 N–H and O–H groups in total. The summed E-state index contributed by atoms with van der Waals surface area (Å²) >= 11 is 0. The predicted molar refractivity (Wildman–Crippen MR) is 74.9 cm³/mol. The Bertz CT molecular complexity index is 502. The summed E-state index contributed by atoms with van der Waals surface area (Å²) < 4.78 is 1.39. The van der Waals surface area contributed by atoms with Crippen LogP contribution in [0, 0.1) is 11.8 Å². The van der Waals surface area contributed by atoms with Gasteiger partial charge in [-0.3, -0.25) is 0 Å². The molecule has 21 heavy (non-hydrogen) atoms. The number of carboxylic acid groups (broad SMARTS) is 1. The minimum atomic E-state index is -1.11. The Labute approximate surface area is 122 Å². The molecule has 2 amide bonds. The third-order valence-corrected chi connectivity index (χ3v) is 3.95. The number of amides is 2. The van der Waals surface area contributed by atoms with Crippen molar-refractivity contribution < 1.29 is 14.7 Å². The molecule has 8 nitrogen and oxygen atoms in total. The lowest BCUT2D eigenvalue weighted by molar-refractivity contribution is 0.0690. The van der Waals surface area contributed by atoms with Gasteiger partial charge < -0.3 is 15.7 Å². The topological polar surface area (TPSA) is 109 Å². The van der Waals surface area contributed by atoms with Crippen LogP contribution in [0.2, 0.25) is 0 Å². The van der Waals surface area contributed by atoms with Gasteiger partial charge in [-0.05, 0) is 18.3 Å². The molecule has 0 saturated heterocycles. The van der Waals surface area contributed by atoms with E-state index in [1.54, 1.807) is 0 Å². The van der Waals surface area contributed by atoms with Crippen molar-refractivity contribution in [1.82, 2.24) is 25.6 Å². The highest BCUT2D eigenvalue weighted by Gasteiger charge is 2.23. The molecular weight excluding hydrogens is 274 g/mol. The monoisotopic (exact) mass is 295 g/mol. The van der Waals surface area contributed by atoms with Gasteiger partial charge in [0.25, 0.3) is 0 Å². The van der Waals surface area contributed by atoms with Crippen LogP contribution in [0.4, 0.5) is 4.79 Å². The maximum Gasteiger partial charge on any atom is 0.358 e. The van der Waals surface area contributed by atoms with Gasteiger partial charge in [0, 0.05) is 13.1 Å². The molecule has 1 aromatic heterocycles. The maximum absolute atomic E-state index is 11.6. The van der Waals surface area contributed by atoms with Crippen molar-refractivity contribution in [2.75, 3.05) is 13.1 Å². The molecule has 1 fully saturated rings. The molecule has 8 heteroatoms. The van der Waals surface area contributed by atoms with Crippen molar-refractivity contribution >= 4 is 12.0 Å². The van der Waals surface area contributed by atoms with E-state index in [9.17, 15) is 9.59 Å². The van der Waals surface area contributed by atoms with Crippen LogP contribution in [0.15, 0.2) is 6.20 Å². The zero-order chi connectivity index (χ0) is 15.2. The molecule has 1 aliphatic rings. The number of aromatic carboxylic acids is 1. The summed E-state index contributed by atoms with van der Waals surface area (Å²) in [6.45, 7) is 3.68. The normalized spacial score (nSPS) is 21.2. The minimum Gasteiger partial charge on any atom is -0.476 e. The summed E-state index contributed by atoms with van der Waals surface area (Å²) in [6.07, 6.45) is 5.00. The Morgan fingerprint density at radius 2 is 2.24 bits per heavy atom. The van der Waals surface area contributed by atoms with E-state index >= 15 is 0 Å². The van der Waals surface area contributed by atoms with E-state index in [0.29, 0.717) is 31.5 Å². The van der Waals surface area contributed by atoms with Crippen molar-refractivity contribution in [3.05, 3.63) is 11.9 Å². The number of aromatic nitrogens is 3. The maximum atomic E-state index is 11.6. The third-order valence-electron chi connectivity index (χ3n) is 3.95. The molecule has 1 heterocycles. The Morgan fingerprint density at radius 1 is 1.43 bits per heavy atom. The summed E-state index contributed by atoms with van der Waals surface area (Å²) in [4.78, 5) is 22.3. The lowest BCUT2D eigenvalue weighted by Gasteiger charge is -2.16. The molecule has 0 aliphatic heterocycles. The van der Waals surface area contributed by atoms with E-state index < -0.39 is 5.97 Å². The summed E-state index contributed by atoms with van der Waals surface area (Å²) in [5.41, 5.74) is -0.102. The second kappa shape index (κ2) is 7.05. The summed E-state index contributed by atoms with van der Waals surface area (Å²) in [5.74, 6) is 0.136. The van der Waals surface area contributed by atoms with Gasteiger partial charge in [-0.15, -0.1) is 5.10 Å². The zero-order valence-electron chi connectivity index (χ0n) is 12.1. The number of rotatable bonds is 6. The van der Waals surface area contributed by atoms with Crippen molar-refractivity contribution in [3.8, 4) is 0 Å². The van der Waals surface area contributed by atoms with Crippen LogP contribution in [0.25, 0.3) is 0 Å². The third kappa shape index (κ3) is 4.44. The smallest absolute Gasteiger partial charge is 0.358 e. The summed E-state index contributed by atoms with van der Waals surface area (Å²) in [6, 6.07) is -0.201. The van der Waals surface area contributed by atoms with Crippen LogP contribution in [0.1, 0.15) is 36.7 Å². The van der Waals surface area contributed by atoms with Crippen molar-refractivity contribution in [2.45, 2.75) is 32.7 Å². The van der Waals surface area contributed by atoms with Gasteiger partial charge in [0.05, 0.1) is 12.7 Å². The first-order valence-electron chi connectivity index (χ1n) is 7.21. The van der Waals surface area contributed by atoms with Crippen LogP contribution in [0.5, 0.6) is 0 Å². The Kier molecular flexibility index (Phi) is 5.13. The molecule has 2 unspecified atom stereocenters. The molecule has 1 aromatic rings. The van der Waals surface area contributed by atoms with Gasteiger partial charge >= 0.3 is 12.0 Å². The number of urea groups is 1. The van der Waals surface area contributed by atoms with Gasteiger partial charge in [-0.2, -0.15) is 0 Å². The zero-order valence-corrected chi connectivity index (χ0v) is 12.1. The Hall–Kier alpha value is -2.12. The largest absolute Gasteiger partial charge is 0.476 e. The van der Waals surface area contributed by atoms with Gasteiger partial charge in [-0.1, -0.05) is 25.0 Å². The number of carbonyl (C=O) groups excluding carboxylic acids is 1. The van der Waals surface area contributed by atoms with E-state index in [4.69, 9.17) is 5.11 Å². The number of nitrogens with zero attached hydrogens (tertiary/aromatic N) is 3. The number of nitrogens with one attached hydrogen (secondary N) is 2. The number of carboxylic acids is 1. The quantitative estimate of drug-likeness (QED) is 0.716. The Balaban J connectivity index is 1.63. The molecule has 1 saturated carbocycles. The second-order valence-corrected chi connectivity index (χ2v) is 5.48. The molecule has 116 valence electrons. The summed E-state index contributed by atoms with van der Waals surface area (Å²) in [7, 11) is 0. The molecule has 0 radical (unpaired) electrons. The Morgan fingerprint density at radius 3 is 2.86 bits per heavy atom. The minimum absolute atomic E-state index is 0.102. The standard InChI is InChI=1S/C13H21N5O3/c1-9-3-2-4-10(9)7-15-13(21)14-5-6-18-8-11(12(19)20)16-17-18/h8-10H,2-7H2,1H3,(H,19,20)(H2,14,15,21). The first-order chi connectivity index (χ1) is 10.1. The van der Waals surface area contributed by atoms with Crippen molar-refractivity contribution in [3.63, 3.8) is 0 Å². The number of hydrogen-bond acceptors (Lipinski definition) is 4. The summed E-state index contributed by atoms with van der Waals surface area (Å²) in [5, 5.41) is 21.5. The fraction of sp³-hybridized carbons (Fsp3) is 0.692. The molecule has 0 aromatic carbocycles. The highest BCUT2D eigenvalue weighted by atomic mass is 16.4. The van der Waals surface area contributed by atoms with Crippen LogP contribution >= 0.6 is 0 Å². The fourth-order valence-electron chi connectivity index (χ4n) is 2.60. The van der Waals surface area contributed by atoms with Crippen LogP contribution in [-0.2, 0) is 6.54 Å². The van der Waals surface area contributed by atoms with Gasteiger partial charge in [0.1, 0.15) is 0 Å². The molecule has 0 spiro atoms. The van der Waals surface area contributed by atoms with Crippen LogP contribution < -0.4 is 10.6 Å². The number of hydrogen-bond donors (Lipinski definition) is 3.